The zero-order valence-electron chi connectivity index (χ0n) is 16.9. The van der Waals surface area contributed by atoms with Gasteiger partial charge in [-0.25, -0.2) is 9.50 Å². The first kappa shape index (κ1) is 20.1. The zero-order valence-corrected chi connectivity index (χ0v) is 16.9. The van der Waals surface area contributed by atoms with E-state index in [0.29, 0.717) is 19.3 Å². The molecule has 2 aromatic rings. The summed E-state index contributed by atoms with van der Waals surface area (Å²) in [6.07, 6.45) is 3.52. The van der Waals surface area contributed by atoms with Crippen molar-refractivity contribution in [2.45, 2.75) is 58.2 Å². The van der Waals surface area contributed by atoms with Gasteiger partial charge in [0.25, 0.3) is 0 Å². The summed E-state index contributed by atoms with van der Waals surface area (Å²) in [5.74, 6) is 0.423. The average molecular weight is 385 g/mol. The summed E-state index contributed by atoms with van der Waals surface area (Å²) < 4.78 is 13.3. The fourth-order valence-electron chi connectivity index (χ4n) is 3.34. The summed E-state index contributed by atoms with van der Waals surface area (Å²) >= 11 is 0. The van der Waals surface area contributed by atoms with E-state index in [4.69, 9.17) is 9.47 Å². The molecule has 1 saturated heterocycles. The van der Waals surface area contributed by atoms with E-state index in [9.17, 15) is 10.1 Å². The number of nitrogens with one attached hydrogen (secondary N) is 1. The normalized spacial score (nSPS) is 22.2. The van der Waals surface area contributed by atoms with Crippen LogP contribution < -0.4 is 5.32 Å². The molecule has 8 nitrogen and oxygen atoms in total. The third-order valence-corrected chi connectivity index (χ3v) is 5.48. The Kier molecular flexibility index (Phi) is 5.57. The van der Waals surface area contributed by atoms with E-state index in [2.05, 4.69) is 21.5 Å². The third kappa shape index (κ3) is 3.94. The van der Waals surface area contributed by atoms with E-state index in [-0.39, 0.29) is 24.1 Å². The largest absolute Gasteiger partial charge is 0.461 e. The standard InChI is InChI=1S/C20H27N5O3/c1-5-19(2,3)10-17(26)27-12-20(11-21)9-8-16(28-20)14-6-7-15-18(22-4)23-13-24-25(14)15/h6-7,13,16H,5,8-10,12H2,1-4H3,(H,22,23,24)/t16-,20-/m1/s1. The third-order valence-electron chi connectivity index (χ3n) is 5.48. The molecule has 1 aliphatic rings. The van der Waals surface area contributed by atoms with Gasteiger partial charge in [0.05, 0.1) is 12.1 Å². The highest BCUT2D eigenvalue weighted by atomic mass is 16.6. The fraction of sp³-hybridized carbons (Fsp3) is 0.600. The van der Waals surface area contributed by atoms with Crippen LogP contribution in [0.5, 0.6) is 0 Å². The average Bonchev–Trinajstić information content (AvgIpc) is 3.30. The lowest BCUT2D eigenvalue weighted by Gasteiger charge is -2.24. The molecule has 28 heavy (non-hydrogen) atoms. The van der Waals surface area contributed by atoms with Gasteiger partial charge in [-0.2, -0.15) is 10.4 Å². The smallest absolute Gasteiger partial charge is 0.306 e. The van der Waals surface area contributed by atoms with Crippen LogP contribution in [-0.2, 0) is 14.3 Å². The van der Waals surface area contributed by atoms with Gasteiger partial charge in [0.1, 0.15) is 30.6 Å². The predicted molar refractivity (Wildman–Crippen MR) is 104 cm³/mol. The van der Waals surface area contributed by atoms with Crippen molar-refractivity contribution >= 4 is 17.3 Å². The summed E-state index contributed by atoms with van der Waals surface area (Å²) in [5.41, 5.74) is 0.446. The number of aromatic nitrogens is 3. The van der Waals surface area contributed by atoms with E-state index in [1.54, 1.807) is 11.6 Å². The number of fused-ring (bicyclic) bond motifs is 1. The summed E-state index contributed by atoms with van der Waals surface area (Å²) in [4.78, 5) is 16.4. The van der Waals surface area contributed by atoms with E-state index in [0.717, 1.165) is 23.4 Å². The number of ether oxygens (including phenoxy) is 2. The maximum absolute atomic E-state index is 12.2. The second-order valence-electron chi connectivity index (χ2n) is 8.02. The van der Waals surface area contributed by atoms with Crippen LogP contribution in [-0.4, -0.2) is 39.8 Å². The molecule has 1 aliphatic heterocycles. The van der Waals surface area contributed by atoms with E-state index >= 15 is 0 Å². The number of anilines is 1. The number of carbonyl (C=O) groups excluding carboxylic acids is 1. The van der Waals surface area contributed by atoms with E-state index in [1.807, 2.05) is 32.9 Å². The second kappa shape index (κ2) is 7.76. The molecule has 0 bridgehead atoms. The number of nitriles is 1. The molecule has 2 atom stereocenters. The van der Waals surface area contributed by atoms with Crippen molar-refractivity contribution in [1.82, 2.24) is 14.6 Å². The predicted octanol–water partition coefficient (Wildman–Crippen LogP) is 3.25. The van der Waals surface area contributed by atoms with Crippen LogP contribution in [0.15, 0.2) is 18.5 Å². The maximum atomic E-state index is 12.2. The van der Waals surface area contributed by atoms with Gasteiger partial charge >= 0.3 is 5.97 Å². The summed E-state index contributed by atoms with van der Waals surface area (Å²) in [7, 11) is 1.80. The van der Waals surface area contributed by atoms with Gasteiger partial charge in [-0.15, -0.1) is 0 Å². The van der Waals surface area contributed by atoms with Crippen molar-refractivity contribution in [3.8, 4) is 6.07 Å². The lowest BCUT2D eigenvalue weighted by molar-refractivity contribution is -0.153. The van der Waals surface area contributed by atoms with Crippen molar-refractivity contribution < 1.29 is 14.3 Å². The molecule has 0 radical (unpaired) electrons. The molecule has 1 fully saturated rings. The van der Waals surface area contributed by atoms with Crippen molar-refractivity contribution in [3.63, 3.8) is 0 Å². The van der Waals surface area contributed by atoms with Crippen molar-refractivity contribution in [3.05, 3.63) is 24.2 Å². The monoisotopic (exact) mass is 385 g/mol. The van der Waals surface area contributed by atoms with Gasteiger partial charge in [-0.05, 0) is 30.4 Å². The Labute approximate surface area is 164 Å². The minimum Gasteiger partial charge on any atom is -0.461 e. The Morgan fingerprint density at radius 1 is 1.54 bits per heavy atom. The van der Waals surface area contributed by atoms with Crippen LogP contribution in [0.25, 0.3) is 5.52 Å². The molecular weight excluding hydrogens is 358 g/mol. The van der Waals surface area contributed by atoms with Gasteiger partial charge in [-0.1, -0.05) is 27.2 Å². The molecule has 0 saturated carbocycles. The fourth-order valence-corrected chi connectivity index (χ4v) is 3.34. The highest BCUT2D eigenvalue weighted by molar-refractivity contribution is 5.70. The van der Waals surface area contributed by atoms with Crippen LogP contribution in [0.2, 0.25) is 0 Å². The molecular formula is C20H27N5O3. The molecule has 1 N–H and O–H groups in total. The molecule has 150 valence electrons. The molecule has 3 heterocycles. The number of carbonyl (C=O) groups is 1. The van der Waals surface area contributed by atoms with Crippen molar-refractivity contribution in [2.75, 3.05) is 19.0 Å². The Morgan fingerprint density at radius 3 is 3.00 bits per heavy atom. The number of hydrogen-bond acceptors (Lipinski definition) is 7. The molecule has 8 heteroatoms. The molecule has 0 aromatic carbocycles. The van der Waals surface area contributed by atoms with Crippen LogP contribution in [0.3, 0.4) is 0 Å². The number of esters is 1. The minimum atomic E-state index is -1.13. The first-order valence-electron chi connectivity index (χ1n) is 9.58. The van der Waals surface area contributed by atoms with Crippen LogP contribution in [0.4, 0.5) is 5.82 Å². The second-order valence-corrected chi connectivity index (χ2v) is 8.02. The van der Waals surface area contributed by atoms with E-state index in [1.165, 1.54) is 6.33 Å². The van der Waals surface area contributed by atoms with Crippen LogP contribution in [0, 0.1) is 16.7 Å². The molecule has 2 aromatic heterocycles. The topological polar surface area (TPSA) is 102 Å². The van der Waals surface area contributed by atoms with Gasteiger partial charge in [0.2, 0.25) is 0 Å². The number of nitrogens with zero attached hydrogens (tertiary/aromatic N) is 4. The molecule has 0 aliphatic carbocycles. The number of hydrogen-bond donors (Lipinski definition) is 1. The van der Waals surface area contributed by atoms with Gasteiger partial charge in [0, 0.05) is 7.05 Å². The minimum absolute atomic E-state index is 0.0569. The van der Waals surface area contributed by atoms with Crippen molar-refractivity contribution in [1.29, 1.82) is 5.26 Å². The van der Waals surface area contributed by atoms with Crippen molar-refractivity contribution in [2.24, 2.45) is 5.41 Å². The van der Waals surface area contributed by atoms with Gasteiger partial charge < -0.3 is 14.8 Å². The summed E-state index contributed by atoms with van der Waals surface area (Å²) in [5, 5.41) is 17.1. The molecule has 0 amide bonds. The Morgan fingerprint density at radius 2 is 2.32 bits per heavy atom. The Bertz CT molecular complexity index is 901. The van der Waals surface area contributed by atoms with E-state index < -0.39 is 5.60 Å². The van der Waals surface area contributed by atoms with Crippen LogP contribution >= 0.6 is 0 Å². The zero-order chi connectivity index (χ0) is 20.4. The summed E-state index contributed by atoms with van der Waals surface area (Å²) in [6, 6.07) is 6.07. The lowest BCUT2D eigenvalue weighted by atomic mass is 9.87. The molecule has 0 unspecified atom stereocenters. The highest BCUT2D eigenvalue weighted by Gasteiger charge is 2.43. The van der Waals surface area contributed by atoms with Gasteiger partial charge in [0.15, 0.2) is 11.4 Å². The SMILES string of the molecule is CCC(C)(C)CC(=O)OC[C@]1(C#N)CC[C@H](c2ccc3c(NC)ncnn23)O1. The molecule has 0 spiro atoms. The van der Waals surface area contributed by atoms with Crippen LogP contribution in [0.1, 0.15) is 58.3 Å². The first-order valence-corrected chi connectivity index (χ1v) is 9.58. The lowest BCUT2D eigenvalue weighted by Crippen LogP contribution is -2.34. The van der Waals surface area contributed by atoms with Gasteiger partial charge in [-0.3, -0.25) is 4.79 Å². The first-order chi connectivity index (χ1) is 13.3. The summed E-state index contributed by atoms with van der Waals surface area (Å²) in [6.45, 7) is 6.03. The maximum Gasteiger partial charge on any atom is 0.306 e. The molecule has 3 rings (SSSR count). The Balaban J connectivity index is 1.71. The highest BCUT2D eigenvalue weighted by Crippen LogP contribution is 2.40. The Hall–Kier alpha value is -2.66. The number of rotatable bonds is 7. The quantitative estimate of drug-likeness (QED) is 0.730.